The molecule has 0 saturated carbocycles. The number of benzene rings is 2. The molecule has 1 aliphatic rings. The fourth-order valence-corrected chi connectivity index (χ4v) is 4.55. The highest BCUT2D eigenvalue weighted by Gasteiger charge is 2.29. The molecule has 1 saturated heterocycles. The third-order valence-electron chi connectivity index (χ3n) is 4.74. The number of rotatable bonds is 7. The van der Waals surface area contributed by atoms with Crippen LogP contribution in [0.2, 0.25) is 0 Å². The van der Waals surface area contributed by atoms with Gasteiger partial charge in [-0.3, -0.25) is 19.8 Å². The van der Waals surface area contributed by atoms with E-state index in [1.807, 2.05) is 4.90 Å². The minimum Gasteiger partial charge on any atom is -0.497 e. The van der Waals surface area contributed by atoms with Gasteiger partial charge in [-0.15, -0.1) is 0 Å². The average Bonchev–Trinajstić information content (AvgIpc) is 2.74. The highest BCUT2D eigenvalue weighted by atomic mass is 32.2. The maximum atomic E-state index is 12.8. The molecule has 0 unspecified atom stereocenters. The quantitative estimate of drug-likeness (QED) is 0.518. The highest BCUT2D eigenvalue weighted by Crippen LogP contribution is 2.21. The number of nitrogens with zero attached hydrogens (tertiary/aromatic N) is 3. The van der Waals surface area contributed by atoms with Gasteiger partial charge in [0.15, 0.2) is 0 Å². The number of ether oxygens (including phenoxy) is 1. The number of non-ortho nitro benzene ring substituents is 1. The van der Waals surface area contributed by atoms with Gasteiger partial charge in [0.2, 0.25) is 15.9 Å². The van der Waals surface area contributed by atoms with Crippen molar-refractivity contribution in [2.24, 2.45) is 0 Å². The number of anilines is 1. The third kappa shape index (κ3) is 5.12. The van der Waals surface area contributed by atoms with Gasteiger partial charge in [-0.2, -0.15) is 4.31 Å². The van der Waals surface area contributed by atoms with Crippen LogP contribution in [0.3, 0.4) is 0 Å². The van der Waals surface area contributed by atoms with Crippen LogP contribution >= 0.6 is 0 Å². The summed E-state index contributed by atoms with van der Waals surface area (Å²) in [5.74, 6) is 0.260. The fraction of sp³-hybridized carbons (Fsp3) is 0.316. The first-order valence-electron chi connectivity index (χ1n) is 9.20. The molecule has 0 bridgehead atoms. The minimum atomic E-state index is -3.61. The largest absolute Gasteiger partial charge is 0.497 e. The number of methoxy groups -OCH3 is 1. The van der Waals surface area contributed by atoms with Gasteiger partial charge >= 0.3 is 0 Å². The predicted octanol–water partition coefficient (Wildman–Crippen LogP) is 1.55. The monoisotopic (exact) mass is 434 g/mol. The fourth-order valence-electron chi connectivity index (χ4n) is 3.13. The van der Waals surface area contributed by atoms with Crippen LogP contribution in [0.15, 0.2) is 53.4 Å². The number of nitro groups is 1. The second kappa shape index (κ2) is 9.20. The predicted molar refractivity (Wildman–Crippen MR) is 110 cm³/mol. The van der Waals surface area contributed by atoms with Crippen molar-refractivity contribution in [3.8, 4) is 5.75 Å². The maximum absolute atomic E-state index is 12.8. The molecular weight excluding hydrogens is 412 g/mol. The summed E-state index contributed by atoms with van der Waals surface area (Å²) in [7, 11) is -2.10. The van der Waals surface area contributed by atoms with Crippen LogP contribution in [0, 0.1) is 10.1 Å². The van der Waals surface area contributed by atoms with Crippen molar-refractivity contribution in [3.05, 3.63) is 58.6 Å². The van der Waals surface area contributed by atoms with Gasteiger partial charge in [0, 0.05) is 44.0 Å². The summed E-state index contributed by atoms with van der Waals surface area (Å²) in [6.45, 7) is 1.39. The maximum Gasteiger partial charge on any atom is 0.271 e. The van der Waals surface area contributed by atoms with Crippen molar-refractivity contribution in [3.63, 3.8) is 0 Å². The van der Waals surface area contributed by atoms with Gasteiger partial charge in [-0.1, -0.05) is 6.07 Å². The standard InChI is InChI=1S/C19H22N4O6S/c1-29-17-5-7-18(8-6-17)30(27,28)22-11-9-21(10-12-22)14-19(24)20-15-3-2-4-16(13-15)23(25)26/h2-8,13H,9-12,14H2,1H3,(H,20,24). The van der Waals surface area contributed by atoms with Gasteiger partial charge in [0.1, 0.15) is 5.75 Å². The number of sulfonamides is 1. The first kappa shape index (κ1) is 21.7. The number of carbonyl (C=O) groups excluding carboxylic acids is 1. The summed E-state index contributed by atoms with van der Waals surface area (Å²) in [6.07, 6.45) is 0. The van der Waals surface area contributed by atoms with Crippen molar-refractivity contribution >= 4 is 27.3 Å². The number of carbonyl (C=O) groups is 1. The SMILES string of the molecule is COc1ccc(S(=O)(=O)N2CCN(CC(=O)Nc3cccc([N+](=O)[O-])c3)CC2)cc1. The number of hydrogen-bond acceptors (Lipinski definition) is 7. The smallest absolute Gasteiger partial charge is 0.271 e. The Labute approximate surface area is 174 Å². The molecule has 160 valence electrons. The van der Waals surface area contributed by atoms with E-state index < -0.39 is 14.9 Å². The van der Waals surface area contributed by atoms with Crippen LogP contribution in [0.5, 0.6) is 5.75 Å². The van der Waals surface area contributed by atoms with E-state index in [2.05, 4.69) is 5.32 Å². The number of nitrogens with one attached hydrogen (secondary N) is 1. The summed E-state index contributed by atoms with van der Waals surface area (Å²) in [5, 5.41) is 13.5. The van der Waals surface area contributed by atoms with E-state index in [0.717, 1.165) is 0 Å². The summed E-state index contributed by atoms with van der Waals surface area (Å²) < 4.78 is 32.0. The summed E-state index contributed by atoms with van der Waals surface area (Å²) in [5.41, 5.74) is 0.236. The zero-order chi connectivity index (χ0) is 21.7. The van der Waals surface area contributed by atoms with Gasteiger partial charge in [-0.05, 0) is 30.3 Å². The molecule has 1 amide bonds. The van der Waals surface area contributed by atoms with E-state index >= 15 is 0 Å². The topological polar surface area (TPSA) is 122 Å². The molecule has 1 aliphatic heterocycles. The Kier molecular flexibility index (Phi) is 6.65. The van der Waals surface area contributed by atoms with Crippen LogP contribution < -0.4 is 10.1 Å². The molecular formula is C19H22N4O6S. The zero-order valence-electron chi connectivity index (χ0n) is 16.4. The molecule has 1 heterocycles. The number of amides is 1. The Bertz CT molecular complexity index is 1020. The van der Waals surface area contributed by atoms with E-state index in [0.29, 0.717) is 24.5 Å². The molecule has 3 rings (SSSR count). The molecule has 0 spiro atoms. The van der Waals surface area contributed by atoms with Crippen molar-refractivity contribution in [1.29, 1.82) is 0 Å². The van der Waals surface area contributed by atoms with Crippen molar-refractivity contribution in [1.82, 2.24) is 9.21 Å². The Balaban J connectivity index is 1.54. The lowest BCUT2D eigenvalue weighted by atomic mass is 10.2. The normalized spacial score (nSPS) is 15.5. The Morgan fingerprint density at radius 3 is 2.40 bits per heavy atom. The van der Waals surface area contributed by atoms with Gasteiger partial charge < -0.3 is 10.1 Å². The molecule has 1 N–H and O–H groups in total. The number of piperazine rings is 1. The van der Waals surface area contributed by atoms with Gasteiger partial charge in [0.25, 0.3) is 5.69 Å². The molecule has 1 fully saturated rings. The summed E-state index contributed by atoms with van der Waals surface area (Å²) >= 11 is 0. The molecule has 0 aliphatic carbocycles. The van der Waals surface area contributed by atoms with Gasteiger partial charge in [-0.25, -0.2) is 8.42 Å². The third-order valence-corrected chi connectivity index (χ3v) is 6.65. The Hall–Kier alpha value is -3.02. The highest BCUT2D eigenvalue weighted by molar-refractivity contribution is 7.89. The number of nitro benzene ring substituents is 1. The molecule has 0 aromatic heterocycles. The summed E-state index contributed by atoms with van der Waals surface area (Å²) in [4.78, 5) is 24.6. The minimum absolute atomic E-state index is 0.0686. The molecule has 11 heteroatoms. The molecule has 10 nitrogen and oxygen atoms in total. The van der Waals surface area contributed by atoms with Crippen LogP contribution in [0.1, 0.15) is 0 Å². The van der Waals surface area contributed by atoms with Crippen molar-refractivity contribution in [2.75, 3.05) is 45.2 Å². The van der Waals surface area contributed by atoms with Crippen LogP contribution in [-0.2, 0) is 14.8 Å². The van der Waals surface area contributed by atoms with Crippen molar-refractivity contribution in [2.45, 2.75) is 4.90 Å². The van der Waals surface area contributed by atoms with E-state index in [-0.39, 0.29) is 36.1 Å². The Morgan fingerprint density at radius 1 is 1.13 bits per heavy atom. The lowest BCUT2D eigenvalue weighted by Crippen LogP contribution is -2.50. The van der Waals surface area contributed by atoms with E-state index in [4.69, 9.17) is 4.74 Å². The lowest BCUT2D eigenvalue weighted by molar-refractivity contribution is -0.384. The lowest BCUT2D eigenvalue weighted by Gasteiger charge is -2.33. The Morgan fingerprint density at radius 2 is 1.80 bits per heavy atom. The second-order valence-electron chi connectivity index (χ2n) is 6.71. The van der Waals surface area contributed by atoms with Crippen LogP contribution in [0.4, 0.5) is 11.4 Å². The first-order chi connectivity index (χ1) is 14.3. The van der Waals surface area contributed by atoms with Crippen LogP contribution in [0.25, 0.3) is 0 Å². The molecule has 0 atom stereocenters. The molecule has 2 aromatic rings. The van der Waals surface area contributed by atoms with E-state index in [1.54, 1.807) is 18.2 Å². The van der Waals surface area contributed by atoms with Crippen LogP contribution in [-0.4, -0.2) is 68.3 Å². The van der Waals surface area contributed by atoms with Crippen molar-refractivity contribution < 1.29 is 22.9 Å². The average molecular weight is 434 g/mol. The molecule has 30 heavy (non-hydrogen) atoms. The first-order valence-corrected chi connectivity index (χ1v) is 10.6. The van der Waals surface area contributed by atoms with E-state index in [1.165, 1.54) is 41.7 Å². The van der Waals surface area contributed by atoms with E-state index in [9.17, 15) is 23.3 Å². The second-order valence-corrected chi connectivity index (χ2v) is 8.65. The molecule has 2 aromatic carbocycles. The zero-order valence-corrected chi connectivity index (χ0v) is 17.2. The summed E-state index contributed by atoms with van der Waals surface area (Å²) in [6, 6.07) is 11.9. The van der Waals surface area contributed by atoms with Gasteiger partial charge in [0.05, 0.1) is 23.5 Å². The molecule has 0 radical (unpaired) electrons. The number of hydrogen-bond donors (Lipinski definition) is 1.